The predicted molar refractivity (Wildman–Crippen MR) is 54.7 cm³/mol. The van der Waals surface area contributed by atoms with Crippen molar-refractivity contribution in [3.8, 4) is 0 Å². The largest absolute Gasteiger partial charge is 0.303 e. The number of piperidine rings is 1. The van der Waals surface area contributed by atoms with Gasteiger partial charge in [0.2, 0.25) is 0 Å². The molecule has 0 atom stereocenters. The number of carbonyl (C=O) groups excluding carboxylic acids is 1. The molecule has 0 aliphatic carbocycles. The van der Waals surface area contributed by atoms with Crippen LogP contribution in [0.1, 0.15) is 33.6 Å². The van der Waals surface area contributed by atoms with Crippen LogP contribution < -0.4 is 0 Å². The fraction of sp³-hybridized carbons (Fsp3) is 0.909. The van der Waals surface area contributed by atoms with Gasteiger partial charge in [0.25, 0.3) is 0 Å². The van der Waals surface area contributed by atoms with Crippen LogP contribution in [0.15, 0.2) is 0 Å². The Labute approximate surface area is 81.3 Å². The Balaban J connectivity index is 2.34. The van der Waals surface area contributed by atoms with Crippen molar-refractivity contribution >= 4 is 6.29 Å². The maximum Gasteiger partial charge on any atom is 0.126 e. The third-order valence-electron chi connectivity index (χ3n) is 2.83. The van der Waals surface area contributed by atoms with Crippen LogP contribution in [0.25, 0.3) is 0 Å². The lowest BCUT2D eigenvalue weighted by Crippen LogP contribution is -2.40. The van der Waals surface area contributed by atoms with Gasteiger partial charge in [0, 0.05) is 12.0 Å². The van der Waals surface area contributed by atoms with Crippen molar-refractivity contribution in [3.63, 3.8) is 0 Å². The SMILES string of the molecule is CC1CCN(CC(C)(C)C=O)CC1. The monoisotopic (exact) mass is 183 g/mol. The molecule has 2 heteroatoms. The van der Waals surface area contributed by atoms with E-state index in [1.165, 1.54) is 25.9 Å². The van der Waals surface area contributed by atoms with Gasteiger partial charge in [-0.05, 0) is 31.8 Å². The minimum absolute atomic E-state index is 0.166. The summed E-state index contributed by atoms with van der Waals surface area (Å²) in [5.74, 6) is 0.871. The fourth-order valence-corrected chi connectivity index (χ4v) is 1.83. The first-order valence-electron chi connectivity index (χ1n) is 5.22. The number of likely N-dealkylation sites (tertiary alicyclic amines) is 1. The molecular formula is C11H21NO. The molecule has 1 heterocycles. The summed E-state index contributed by atoms with van der Waals surface area (Å²) in [6.45, 7) is 9.58. The molecule has 0 spiro atoms. The van der Waals surface area contributed by atoms with E-state index in [1.54, 1.807) is 0 Å². The molecule has 0 aromatic carbocycles. The van der Waals surface area contributed by atoms with Crippen molar-refractivity contribution in [1.29, 1.82) is 0 Å². The molecule has 13 heavy (non-hydrogen) atoms. The first kappa shape index (κ1) is 10.7. The van der Waals surface area contributed by atoms with Gasteiger partial charge in [-0.2, -0.15) is 0 Å². The first-order chi connectivity index (χ1) is 6.03. The van der Waals surface area contributed by atoms with Gasteiger partial charge in [-0.25, -0.2) is 0 Å². The summed E-state index contributed by atoms with van der Waals surface area (Å²) in [6, 6.07) is 0. The van der Waals surface area contributed by atoms with Crippen LogP contribution in [-0.4, -0.2) is 30.8 Å². The third-order valence-corrected chi connectivity index (χ3v) is 2.83. The molecule has 1 rings (SSSR count). The molecule has 0 aromatic rings. The van der Waals surface area contributed by atoms with E-state index in [1.807, 2.05) is 13.8 Å². The Kier molecular flexibility index (Phi) is 3.48. The molecule has 0 aromatic heterocycles. The quantitative estimate of drug-likeness (QED) is 0.623. The second kappa shape index (κ2) is 4.23. The Morgan fingerprint density at radius 1 is 1.38 bits per heavy atom. The van der Waals surface area contributed by atoms with Crippen LogP contribution in [-0.2, 0) is 4.79 Å². The van der Waals surface area contributed by atoms with Gasteiger partial charge in [0.1, 0.15) is 6.29 Å². The van der Waals surface area contributed by atoms with Crippen molar-refractivity contribution < 1.29 is 4.79 Å². The van der Waals surface area contributed by atoms with E-state index in [4.69, 9.17) is 0 Å². The van der Waals surface area contributed by atoms with Crippen LogP contribution in [0.4, 0.5) is 0 Å². The zero-order valence-corrected chi connectivity index (χ0v) is 9.05. The summed E-state index contributed by atoms with van der Waals surface area (Å²) in [7, 11) is 0. The summed E-state index contributed by atoms with van der Waals surface area (Å²) in [5, 5.41) is 0. The average Bonchev–Trinajstić information content (AvgIpc) is 2.09. The molecule has 2 nitrogen and oxygen atoms in total. The van der Waals surface area contributed by atoms with Crippen LogP contribution in [0, 0.1) is 11.3 Å². The zero-order valence-electron chi connectivity index (χ0n) is 9.05. The number of carbonyl (C=O) groups is 1. The summed E-state index contributed by atoms with van der Waals surface area (Å²) >= 11 is 0. The van der Waals surface area contributed by atoms with E-state index in [9.17, 15) is 4.79 Å². The summed E-state index contributed by atoms with van der Waals surface area (Å²) in [4.78, 5) is 13.1. The molecule has 0 unspecified atom stereocenters. The topological polar surface area (TPSA) is 20.3 Å². The number of hydrogen-bond donors (Lipinski definition) is 0. The second-order valence-electron chi connectivity index (χ2n) is 5.07. The number of aldehydes is 1. The standard InChI is InChI=1S/C11H21NO/c1-10-4-6-12(7-5-10)8-11(2,3)9-13/h9-10H,4-8H2,1-3H3. The Hall–Kier alpha value is -0.370. The van der Waals surface area contributed by atoms with Gasteiger partial charge in [0.05, 0.1) is 0 Å². The Bertz CT molecular complexity index is 169. The van der Waals surface area contributed by atoms with E-state index in [-0.39, 0.29) is 5.41 Å². The Morgan fingerprint density at radius 3 is 2.38 bits per heavy atom. The summed E-state index contributed by atoms with van der Waals surface area (Å²) in [5.41, 5.74) is -0.166. The number of rotatable bonds is 3. The fourth-order valence-electron chi connectivity index (χ4n) is 1.83. The maximum absolute atomic E-state index is 10.7. The predicted octanol–water partition coefficient (Wildman–Crippen LogP) is 1.94. The van der Waals surface area contributed by atoms with Crippen LogP contribution in [0.3, 0.4) is 0 Å². The molecule has 1 saturated heterocycles. The highest BCUT2D eigenvalue weighted by atomic mass is 16.1. The lowest BCUT2D eigenvalue weighted by Gasteiger charge is -2.34. The molecule has 0 bridgehead atoms. The highest BCUT2D eigenvalue weighted by molar-refractivity contribution is 5.58. The minimum atomic E-state index is -0.166. The van der Waals surface area contributed by atoms with Gasteiger partial charge in [-0.3, -0.25) is 0 Å². The molecule has 1 aliphatic heterocycles. The van der Waals surface area contributed by atoms with Gasteiger partial charge in [-0.1, -0.05) is 20.8 Å². The second-order valence-corrected chi connectivity index (χ2v) is 5.07. The van der Waals surface area contributed by atoms with Gasteiger partial charge in [-0.15, -0.1) is 0 Å². The molecule has 0 amide bonds. The number of hydrogen-bond acceptors (Lipinski definition) is 2. The smallest absolute Gasteiger partial charge is 0.126 e. The lowest BCUT2D eigenvalue weighted by molar-refractivity contribution is -0.115. The molecule has 1 aliphatic rings. The minimum Gasteiger partial charge on any atom is -0.303 e. The van der Waals surface area contributed by atoms with Gasteiger partial charge < -0.3 is 9.69 Å². The van der Waals surface area contributed by atoms with Crippen LogP contribution in [0.5, 0.6) is 0 Å². The maximum atomic E-state index is 10.7. The Morgan fingerprint density at radius 2 is 1.92 bits per heavy atom. The van der Waals surface area contributed by atoms with Crippen molar-refractivity contribution in [2.45, 2.75) is 33.6 Å². The molecule has 1 fully saturated rings. The number of nitrogens with zero attached hydrogens (tertiary/aromatic N) is 1. The van der Waals surface area contributed by atoms with Crippen molar-refractivity contribution in [3.05, 3.63) is 0 Å². The van der Waals surface area contributed by atoms with Crippen molar-refractivity contribution in [2.75, 3.05) is 19.6 Å². The molecular weight excluding hydrogens is 162 g/mol. The lowest BCUT2D eigenvalue weighted by atomic mass is 9.92. The molecule has 0 saturated carbocycles. The van der Waals surface area contributed by atoms with Crippen LogP contribution in [0.2, 0.25) is 0 Å². The first-order valence-corrected chi connectivity index (χ1v) is 5.22. The summed E-state index contributed by atoms with van der Waals surface area (Å²) in [6.07, 6.45) is 3.65. The third kappa shape index (κ3) is 3.47. The van der Waals surface area contributed by atoms with E-state index >= 15 is 0 Å². The zero-order chi connectivity index (χ0) is 9.90. The average molecular weight is 183 g/mol. The van der Waals surface area contributed by atoms with Gasteiger partial charge >= 0.3 is 0 Å². The normalized spacial score (nSPS) is 21.8. The summed E-state index contributed by atoms with van der Waals surface area (Å²) < 4.78 is 0. The van der Waals surface area contributed by atoms with E-state index < -0.39 is 0 Å². The highest BCUT2D eigenvalue weighted by Gasteiger charge is 2.23. The van der Waals surface area contributed by atoms with E-state index in [0.717, 1.165) is 18.7 Å². The highest BCUT2D eigenvalue weighted by Crippen LogP contribution is 2.20. The van der Waals surface area contributed by atoms with E-state index in [2.05, 4.69) is 11.8 Å². The van der Waals surface area contributed by atoms with Crippen molar-refractivity contribution in [1.82, 2.24) is 4.90 Å². The van der Waals surface area contributed by atoms with Crippen molar-refractivity contribution in [2.24, 2.45) is 11.3 Å². The molecule has 76 valence electrons. The molecule has 0 radical (unpaired) electrons. The van der Waals surface area contributed by atoms with Gasteiger partial charge in [0.15, 0.2) is 0 Å². The van der Waals surface area contributed by atoms with E-state index in [0.29, 0.717) is 0 Å². The van der Waals surface area contributed by atoms with Crippen LogP contribution >= 0.6 is 0 Å². The molecule has 0 N–H and O–H groups in total.